The highest BCUT2D eigenvalue weighted by atomic mass is 35.5. The Kier molecular flexibility index (Phi) is 8.37. The third-order valence-electron chi connectivity index (χ3n) is 7.08. The number of nitrogen functional groups attached to an aromatic ring is 1. The smallest absolute Gasteiger partial charge is 0.0934 e. The van der Waals surface area contributed by atoms with Crippen LogP contribution in [0.15, 0.2) is 67.4 Å². The fourth-order valence-corrected chi connectivity index (χ4v) is 6.08. The lowest BCUT2D eigenvalue weighted by molar-refractivity contribution is 0.489. The van der Waals surface area contributed by atoms with E-state index in [0.717, 1.165) is 73.2 Å². The second kappa shape index (κ2) is 12.1. The summed E-state index contributed by atoms with van der Waals surface area (Å²) in [5.41, 5.74) is 14.5. The summed E-state index contributed by atoms with van der Waals surface area (Å²) in [7, 11) is 0. The fourth-order valence-electron chi connectivity index (χ4n) is 4.97. The average Bonchev–Trinajstić information content (AvgIpc) is 3.59. The molecule has 0 radical (unpaired) electrons. The summed E-state index contributed by atoms with van der Waals surface area (Å²) in [6, 6.07) is 9.93. The molecule has 1 saturated carbocycles. The molecule has 38 heavy (non-hydrogen) atoms. The monoisotopic (exact) mass is 544 g/mol. The standard InChI is InChI=1S/C30H33ClN6S/c1-19(36-28-18-35-17-24(20(28)2)29-9-10-30(31)38-29)11-27-25(32)7-8-26(37-27)23-12-22(15-34-16-23)14-33-13-21-5-3-4-6-21/h7-10,12,15-18,21,33,36H,1,3-6,11,13-14,32H2,2H3. The molecule has 0 bridgehead atoms. The highest BCUT2D eigenvalue weighted by Crippen LogP contribution is 2.35. The molecule has 0 aliphatic heterocycles. The summed E-state index contributed by atoms with van der Waals surface area (Å²) < 4.78 is 0.754. The number of aromatic nitrogens is 3. The molecule has 0 atom stereocenters. The molecule has 1 aliphatic rings. The number of hydrogen-bond acceptors (Lipinski definition) is 7. The number of halogens is 1. The van der Waals surface area contributed by atoms with Crippen LogP contribution in [0.25, 0.3) is 21.7 Å². The lowest BCUT2D eigenvalue weighted by Crippen LogP contribution is -2.20. The molecule has 1 fully saturated rings. The van der Waals surface area contributed by atoms with Gasteiger partial charge in [0.1, 0.15) is 0 Å². The number of nitrogens with two attached hydrogens (primary N) is 1. The van der Waals surface area contributed by atoms with Gasteiger partial charge >= 0.3 is 0 Å². The lowest BCUT2D eigenvalue weighted by atomic mass is 10.1. The van der Waals surface area contributed by atoms with Crippen molar-refractivity contribution in [2.45, 2.75) is 45.6 Å². The highest BCUT2D eigenvalue weighted by molar-refractivity contribution is 7.19. The number of nitrogens with zero attached hydrogens (tertiary/aromatic N) is 3. The number of thiophene rings is 1. The molecular formula is C30H33ClN6S. The summed E-state index contributed by atoms with van der Waals surface area (Å²) in [4.78, 5) is 14.9. The van der Waals surface area contributed by atoms with Crippen LogP contribution in [-0.4, -0.2) is 21.5 Å². The van der Waals surface area contributed by atoms with E-state index < -0.39 is 0 Å². The molecular weight excluding hydrogens is 512 g/mol. The van der Waals surface area contributed by atoms with Gasteiger partial charge in [0, 0.05) is 53.3 Å². The summed E-state index contributed by atoms with van der Waals surface area (Å²) in [5, 5.41) is 7.02. The quantitative estimate of drug-likeness (QED) is 0.195. The Labute approximate surface area is 233 Å². The van der Waals surface area contributed by atoms with Crippen LogP contribution in [0.3, 0.4) is 0 Å². The zero-order valence-corrected chi connectivity index (χ0v) is 23.2. The molecule has 4 aromatic rings. The highest BCUT2D eigenvalue weighted by Gasteiger charge is 2.15. The second-order valence-corrected chi connectivity index (χ2v) is 11.7. The zero-order valence-electron chi connectivity index (χ0n) is 21.6. The minimum absolute atomic E-state index is 0.490. The van der Waals surface area contributed by atoms with E-state index in [0.29, 0.717) is 12.1 Å². The first kappa shape index (κ1) is 26.4. The minimum Gasteiger partial charge on any atom is -0.397 e. The van der Waals surface area contributed by atoms with Gasteiger partial charge in [-0.25, -0.2) is 0 Å². The van der Waals surface area contributed by atoms with Gasteiger partial charge in [0.05, 0.1) is 33.3 Å². The Hall–Kier alpha value is -3.26. The lowest BCUT2D eigenvalue weighted by Gasteiger charge is -2.15. The molecule has 8 heteroatoms. The van der Waals surface area contributed by atoms with Crippen molar-refractivity contribution in [1.29, 1.82) is 0 Å². The maximum Gasteiger partial charge on any atom is 0.0934 e. The number of anilines is 2. The molecule has 0 unspecified atom stereocenters. The van der Waals surface area contributed by atoms with Crippen LogP contribution < -0.4 is 16.4 Å². The van der Waals surface area contributed by atoms with Gasteiger partial charge in [0.15, 0.2) is 0 Å². The van der Waals surface area contributed by atoms with Gasteiger partial charge in [0.25, 0.3) is 0 Å². The van der Waals surface area contributed by atoms with E-state index in [-0.39, 0.29) is 0 Å². The van der Waals surface area contributed by atoms with Crippen LogP contribution >= 0.6 is 22.9 Å². The predicted molar refractivity (Wildman–Crippen MR) is 159 cm³/mol. The first-order chi connectivity index (χ1) is 18.5. The maximum absolute atomic E-state index is 6.32. The molecule has 0 aromatic carbocycles. The Morgan fingerprint density at radius 3 is 2.71 bits per heavy atom. The van der Waals surface area contributed by atoms with Crippen LogP contribution in [0, 0.1) is 12.8 Å². The molecule has 4 N–H and O–H groups in total. The molecule has 6 nitrogen and oxygen atoms in total. The third-order valence-corrected chi connectivity index (χ3v) is 8.35. The third kappa shape index (κ3) is 6.41. The Morgan fingerprint density at radius 1 is 1.11 bits per heavy atom. The van der Waals surface area contributed by atoms with Crippen LogP contribution in [-0.2, 0) is 13.0 Å². The van der Waals surface area contributed by atoms with Crippen LogP contribution in [0.2, 0.25) is 4.34 Å². The molecule has 1 aliphatic carbocycles. The van der Waals surface area contributed by atoms with E-state index in [2.05, 4.69) is 40.2 Å². The normalized spacial score (nSPS) is 13.6. The number of rotatable bonds is 10. The van der Waals surface area contributed by atoms with E-state index in [9.17, 15) is 0 Å². The number of allylic oxidation sites excluding steroid dienone is 1. The molecule has 0 spiro atoms. The SMILES string of the molecule is C=C(Cc1nc(-c2cncc(CNCC3CCCC3)c2)ccc1N)Nc1cncc(-c2ccc(Cl)s2)c1C. The van der Waals surface area contributed by atoms with Crippen LogP contribution in [0.4, 0.5) is 11.4 Å². The number of nitrogens with one attached hydrogen (secondary N) is 2. The minimum atomic E-state index is 0.490. The van der Waals surface area contributed by atoms with Gasteiger partial charge < -0.3 is 16.4 Å². The van der Waals surface area contributed by atoms with E-state index in [1.807, 2.05) is 49.1 Å². The summed E-state index contributed by atoms with van der Waals surface area (Å²) in [5.74, 6) is 0.811. The molecule has 5 rings (SSSR count). The first-order valence-corrected chi connectivity index (χ1v) is 14.2. The summed E-state index contributed by atoms with van der Waals surface area (Å²) in [6.07, 6.45) is 13.4. The average molecular weight is 545 g/mol. The van der Waals surface area contributed by atoms with Crippen molar-refractivity contribution in [2.75, 3.05) is 17.6 Å². The number of pyridine rings is 3. The van der Waals surface area contributed by atoms with E-state index in [1.54, 1.807) is 0 Å². The molecule has 0 amide bonds. The van der Waals surface area contributed by atoms with E-state index >= 15 is 0 Å². The van der Waals surface area contributed by atoms with Gasteiger partial charge in [-0.15, -0.1) is 11.3 Å². The van der Waals surface area contributed by atoms with Crippen molar-refractivity contribution in [1.82, 2.24) is 20.3 Å². The topological polar surface area (TPSA) is 88.8 Å². The Bertz CT molecular complexity index is 1430. The van der Waals surface area contributed by atoms with Crippen molar-refractivity contribution in [3.8, 4) is 21.7 Å². The predicted octanol–water partition coefficient (Wildman–Crippen LogP) is 7.26. The zero-order chi connectivity index (χ0) is 26.5. The fraction of sp³-hybridized carbons (Fsp3) is 0.300. The van der Waals surface area contributed by atoms with Gasteiger partial charge in [-0.1, -0.05) is 31.0 Å². The Morgan fingerprint density at radius 2 is 1.92 bits per heavy atom. The summed E-state index contributed by atoms with van der Waals surface area (Å²) >= 11 is 7.68. The largest absolute Gasteiger partial charge is 0.397 e. The van der Waals surface area contributed by atoms with Gasteiger partial charge in [0.2, 0.25) is 0 Å². The second-order valence-electron chi connectivity index (χ2n) is 9.96. The first-order valence-electron chi connectivity index (χ1n) is 13.0. The van der Waals surface area contributed by atoms with E-state index in [1.165, 1.54) is 37.0 Å². The number of hydrogen-bond donors (Lipinski definition) is 3. The molecule has 4 aromatic heterocycles. The maximum atomic E-state index is 6.32. The Balaban J connectivity index is 1.26. The molecule has 0 saturated heterocycles. The summed E-state index contributed by atoms with van der Waals surface area (Å²) in [6.45, 7) is 8.19. The van der Waals surface area contributed by atoms with Gasteiger partial charge in [-0.3, -0.25) is 15.0 Å². The van der Waals surface area contributed by atoms with Crippen molar-refractivity contribution >= 4 is 34.3 Å². The molecule has 196 valence electrons. The van der Waals surface area contributed by atoms with Gasteiger partial charge in [-0.05, 0) is 73.7 Å². The van der Waals surface area contributed by atoms with Crippen molar-refractivity contribution < 1.29 is 0 Å². The van der Waals surface area contributed by atoms with E-state index in [4.69, 9.17) is 22.3 Å². The van der Waals surface area contributed by atoms with Crippen LogP contribution in [0.1, 0.15) is 42.5 Å². The van der Waals surface area contributed by atoms with Crippen molar-refractivity contribution in [3.05, 3.63) is 88.6 Å². The van der Waals surface area contributed by atoms with Crippen molar-refractivity contribution in [2.24, 2.45) is 5.92 Å². The van der Waals surface area contributed by atoms with Crippen molar-refractivity contribution in [3.63, 3.8) is 0 Å². The van der Waals surface area contributed by atoms with Gasteiger partial charge in [-0.2, -0.15) is 0 Å². The van der Waals surface area contributed by atoms with Crippen LogP contribution in [0.5, 0.6) is 0 Å². The molecule has 4 heterocycles.